The van der Waals surface area contributed by atoms with Crippen molar-refractivity contribution >= 4 is 53.4 Å². The zero-order valence-electron chi connectivity index (χ0n) is 8.79. The molecule has 0 bridgehead atoms. The Kier molecular flexibility index (Phi) is 5.12. The van der Waals surface area contributed by atoms with Gasteiger partial charge >= 0.3 is 0 Å². The second-order valence-electron chi connectivity index (χ2n) is 3.32. The van der Waals surface area contributed by atoms with Crippen molar-refractivity contribution in [3.63, 3.8) is 0 Å². The number of benzene rings is 2. The molecule has 0 spiro atoms. The molecule has 2 aromatic carbocycles. The first-order valence-corrected chi connectivity index (χ1v) is 8.54. The third-order valence-corrected chi connectivity index (χ3v) is 6.33. The van der Waals surface area contributed by atoms with Crippen molar-refractivity contribution in [2.24, 2.45) is 0 Å². The molecular weight excluding hydrogens is 406 g/mol. The van der Waals surface area contributed by atoms with Gasteiger partial charge < -0.3 is 0 Å². The maximum Gasteiger partial charge on any atom is 0.124 e. The van der Waals surface area contributed by atoms with E-state index in [1.807, 2.05) is 0 Å². The number of halogens is 4. The molecule has 0 aliphatic carbocycles. The van der Waals surface area contributed by atoms with Gasteiger partial charge in [-0.25, -0.2) is 8.78 Å². The average Bonchev–Trinajstić information content (AvgIpc) is 2.30. The van der Waals surface area contributed by atoms with E-state index in [-0.39, 0.29) is 11.6 Å². The van der Waals surface area contributed by atoms with E-state index in [0.717, 1.165) is 9.79 Å². The quantitative estimate of drug-likeness (QED) is 0.544. The molecule has 0 fully saturated rings. The highest BCUT2D eigenvalue weighted by Gasteiger charge is 2.06. The van der Waals surface area contributed by atoms with E-state index in [1.54, 1.807) is 12.1 Å². The highest BCUT2D eigenvalue weighted by atomic mass is 79.9. The summed E-state index contributed by atoms with van der Waals surface area (Å²) in [6, 6.07) is 9.06. The molecule has 0 aromatic heterocycles. The molecule has 0 heterocycles. The van der Waals surface area contributed by atoms with Crippen LogP contribution in [0.3, 0.4) is 0 Å². The van der Waals surface area contributed by atoms with Gasteiger partial charge in [-0.15, -0.1) is 0 Å². The van der Waals surface area contributed by atoms with Crippen molar-refractivity contribution in [3.05, 3.63) is 57.0 Å². The second-order valence-corrected chi connectivity index (χ2v) is 7.24. The van der Waals surface area contributed by atoms with E-state index in [2.05, 4.69) is 31.9 Å². The first kappa shape index (κ1) is 14.4. The van der Waals surface area contributed by atoms with Crippen LogP contribution in [0.25, 0.3) is 0 Å². The fraction of sp³-hybridized carbons (Fsp3) is 0. The standard InChI is InChI=1S/C12H6Br2F2S2/c13-9-5-7(15)1-3-11(9)17-18-12-4-2-8(16)6-10(12)14/h1-6H. The van der Waals surface area contributed by atoms with Gasteiger partial charge in [0, 0.05) is 18.7 Å². The summed E-state index contributed by atoms with van der Waals surface area (Å²) < 4.78 is 27.3. The topological polar surface area (TPSA) is 0 Å². The molecule has 0 aliphatic rings. The summed E-state index contributed by atoms with van der Waals surface area (Å²) in [4.78, 5) is 1.83. The molecule has 94 valence electrons. The van der Waals surface area contributed by atoms with E-state index in [4.69, 9.17) is 0 Å². The molecular formula is C12H6Br2F2S2. The minimum absolute atomic E-state index is 0.279. The third-order valence-electron chi connectivity index (χ3n) is 2.01. The maximum atomic E-state index is 12.9. The van der Waals surface area contributed by atoms with Gasteiger partial charge in [-0.2, -0.15) is 0 Å². The Bertz CT molecular complexity index is 524. The zero-order valence-corrected chi connectivity index (χ0v) is 13.6. The predicted molar refractivity (Wildman–Crippen MR) is 79.9 cm³/mol. The predicted octanol–water partition coefficient (Wildman–Crippen LogP) is 6.29. The number of hydrogen-bond donors (Lipinski definition) is 0. The highest BCUT2D eigenvalue weighted by molar-refractivity contribution is 9.11. The van der Waals surface area contributed by atoms with Crippen molar-refractivity contribution in [2.75, 3.05) is 0 Å². The van der Waals surface area contributed by atoms with Crippen molar-refractivity contribution in [1.29, 1.82) is 0 Å². The molecule has 0 amide bonds. The maximum absolute atomic E-state index is 12.9. The van der Waals surface area contributed by atoms with Crippen LogP contribution >= 0.6 is 53.4 Å². The molecule has 0 radical (unpaired) electrons. The summed E-state index contributed by atoms with van der Waals surface area (Å²) in [6.07, 6.45) is 0. The van der Waals surface area contributed by atoms with Gasteiger partial charge in [0.2, 0.25) is 0 Å². The van der Waals surface area contributed by atoms with Gasteiger partial charge in [0.1, 0.15) is 11.6 Å². The van der Waals surface area contributed by atoms with Crippen molar-refractivity contribution in [1.82, 2.24) is 0 Å². The van der Waals surface area contributed by atoms with E-state index < -0.39 is 0 Å². The Balaban J connectivity index is 2.11. The van der Waals surface area contributed by atoms with Crippen LogP contribution in [0.2, 0.25) is 0 Å². The van der Waals surface area contributed by atoms with Crippen molar-refractivity contribution in [3.8, 4) is 0 Å². The molecule has 18 heavy (non-hydrogen) atoms. The lowest BCUT2D eigenvalue weighted by atomic mass is 10.3. The Morgan fingerprint density at radius 3 is 1.44 bits per heavy atom. The van der Waals surface area contributed by atoms with E-state index in [9.17, 15) is 8.78 Å². The monoisotopic (exact) mass is 410 g/mol. The molecule has 0 unspecified atom stereocenters. The molecule has 6 heteroatoms. The molecule has 0 saturated carbocycles. The van der Waals surface area contributed by atoms with Gasteiger partial charge in [0.25, 0.3) is 0 Å². The van der Waals surface area contributed by atoms with E-state index >= 15 is 0 Å². The normalized spacial score (nSPS) is 10.7. The molecule has 2 rings (SSSR count). The molecule has 2 aromatic rings. The molecule has 0 saturated heterocycles. The lowest BCUT2D eigenvalue weighted by Gasteiger charge is -2.05. The van der Waals surface area contributed by atoms with Crippen LogP contribution in [0.5, 0.6) is 0 Å². The fourth-order valence-corrected chi connectivity index (χ4v) is 5.12. The van der Waals surface area contributed by atoms with Crippen LogP contribution in [0.4, 0.5) is 8.78 Å². The van der Waals surface area contributed by atoms with Gasteiger partial charge in [-0.1, -0.05) is 21.6 Å². The van der Waals surface area contributed by atoms with E-state index in [0.29, 0.717) is 8.95 Å². The Labute approximate surface area is 128 Å². The lowest BCUT2D eigenvalue weighted by molar-refractivity contribution is 0.625. The average molecular weight is 412 g/mol. The van der Waals surface area contributed by atoms with Crippen LogP contribution in [0.15, 0.2) is 55.1 Å². The SMILES string of the molecule is Fc1ccc(SSc2ccc(F)cc2Br)c(Br)c1. The molecule has 0 aliphatic heterocycles. The zero-order chi connectivity index (χ0) is 13.1. The lowest BCUT2D eigenvalue weighted by Crippen LogP contribution is -1.78. The minimum atomic E-state index is -0.279. The first-order chi connectivity index (χ1) is 8.56. The van der Waals surface area contributed by atoms with Crippen LogP contribution in [0, 0.1) is 11.6 Å². The summed E-state index contributed by atoms with van der Waals surface area (Å²) >= 11 is 6.61. The summed E-state index contributed by atoms with van der Waals surface area (Å²) in [6.45, 7) is 0. The van der Waals surface area contributed by atoms with Crippen LogP contribution in [-0.4, -0.2) is 0 Å². The number of hydrogen-bond acceptors (Lipinski definition) is 2. The summed E-state index contributed by atoms with van der Waals surface area (Å²) in [5.74, 6) is -0.557. The summed E-state index contributed by atoms with van der Waals surface area (Å²) in [7, 11) is 2.96. The van der Waals surface area contributed by atoms with Gasteiger partial charge in [-0.3, -0.25) is 0 Å². The van der Waals surface area contributed by atoms with Gasteiger partial charge in [0.05, 0.1) is 0 Å². The van der Waals surface area contributed by atoms with E-state index in [1.165, 1.54) is 45.9 Å². The fourth-order valence-electron chi connectivity index (χ4n) is 1.18. The third kappa shape index (κ3) is 3.73. The summed E-state index contributed by atoms with van der Waals surface area (Å²) in [5.41, 5.74) is 0. The molecule has 0 atom stereocenters. The Hall–Kier alpha value is -0.0400. The highest BCUT2D eigenvalue weighted by Crippen LogP contribution is 2.43. The minimum Gasteiger partial charge on any atom is -0.207 e. The summed E-state index contributed by atoms with van der Waals surface area (Å²) in [5, 5.41) is 0. The van der Waals surface area contributed by atoms with Gasteiger partial charge in [0.15, 0.2) is 0 Å². The Morgan fingerprint density at radius 1 is 0.722 bits per heavy atom. The van der Waals surface area contributed by atoms with Crippen LogP contribution in [-0.2, 0) is 0 Å². The smallest absolute Gasteiger partial charge is 0.124 e. The largest absolute Gasteiger partial charge is 0.207 e. The van der Waals surface area contributed by atoms with Crippen LogP contribution < -0.4 is 0 Å². The second kappa shape index (κ2) is 6.41. The molecule has 0 nitrogen and oxygen atoms in total. The number of rotatable bonds is 3. The Morgan fingerprint density at radius 2 is 1.11 bits per heavy atom. The van der Waals surface area contributed by atoms with Crippen molar-refractivity contribution < 1.29 is 8.78 Å². The van der Waals surface area contributed by atoms with Gasteiger partial charge in [-0.05, 0) is 68.3 Å². The molecule has 0 N–H and O–H groups in total. The first-order valence-electron chi connectivity index (χ1n) is 4.81. The van der Waals surface area contributed by atoms with Crippen LogP contribution in [0.1, 0.15) is 0 Å². The van der Waals surface area contributed by atoms with Crippen molar-refractivity contribution in [2.45, 2.75) is 9.79 Å².